The van der Waals surface area contributed by atoms with Gasteiger partial charge in [0.2, 0.25) is 0 Å². The third-order valence-electron chi connectivity index (χ3n) is 3.49. The molecule has 0 aromatic heterocycles. The lowest BCUT2D eigenvalue weighted by Gasteiger charge is -2.23. The number of halogens is 2. The Morgan fingerprint density at radius 3 is 2.50 bits per heavy atom. The fraction of sp³-hybridized carbons (Fsp3) is 0.600. The molecule has 5 heteroatoms. The van der Waals surface area contributed by atoms with Gasteiger partial charge in [-0.3, -0.25) is 0 Å². The number of aliphatic hydroxyl groups excluding tert-OH is 1. The van der Waals surface area contributed by atoms with E-state index < -0.39 is 6.10 Å². The number of hydrogen-bond donors (Lipinski definition) is 1. The Labute approximate surface area is 137 Å². The summed E-state index contributed by atoms with van der Waals surface area (Å²) in [4.78, 5) is 2.34. The first kappa shape index (κ1) is 16.3. The minimum Gasteiger partial charge on any atom is -0.490 e. The van der Waals surface area contributed by atoms with E-state index in [1.807, 2.05) is 18.2 Å². The fourth-order valence-electron chi connectivity index (χ4n) is 2.45. The first-order valence-electron chi connectivity index (χ1n) is 7.13. The highest BCUT2D eigenvalue weighted by molar-refractivity contribution is 9.11. The molecule has 0 saturated carbocycles. The predicted molar refractivity (Wildman–Crippen MR) is 88.3 cm³/mol. The van der Waals surface area contributed by atoms with Gasteiger partial charge in [-0.15, -0.1) is 0 Å². The third kappa shape index (κ3) is 5.35. The van der Waals surface area contributed by atoms with E-state index in [4.69, 9.17) is 4.74 Å². The average Bonchev–Trinajstić information content (AvgIpc) is 2.66. The Morgan fingerprint density at radius 2 is 1.85 bits per heavy atom. The van der Waals surface area contributed by atoms with Crippen LogP contribution in [0.15, 0.2) is 27.1 Å². The molecule has 0 radical (unpaired) electrons. The third-order valence-corrected chi connectivity index (χ3v) is 4.61. The average molecular weight is 407 g/mol. The molecule has 0 spiro atoms. The molecule has 1 aromatic rings. The number of aliphatic hydroxyl groups is 1. The van der Waals surface area contributed by atoms with E-state index in [0.717, 1.165) is 27.8 Å². The molecule has 0 bridgehead atoms. The van der Waals surface area contributed by atoms with Crippen molar-refractivity contribution >= 4 is 31.9 Å². The van der Waals surface area contributed by atoms with Gasteiger partial charge in [0.05, 0.1) is 4.47 Å². The molecule has 1 aromatic carbocycles. The van der Waals surface area contributed by atoms with Gasteiger partial charge in [-0.25, -0.2) is 0 Å². The standard InChI is InChI=1S/C15H21Br2NO2/c16-12-5-6-15(14(17)9-12)20-11-13(19)10-18-7-3-1-2-4-8-18/h5-6,9,13,19H,1-4,7-8,10-11H2. The van der Waals surface area contributed by atoms with Gasteiger partial charge in [-0.1, -0.05) is 28.8 Å². The Kier molecular flexibility index (Phi) is 6.81. The molecule has 0 aliphatic carbocycles. The van der Waals surface area contributed by atoms with Gasteiger partial charge in [-0.05, 0) is 60.1 Å². The van der Waals surface area contributed by atoms with E-state index in [1.165, 1.54) is 25.7 Å². The number of ether oxygens (including phenoxy) is 1. The van der Waals surface area contributed by atoms with E-state index in [0.29, 0.717) is 13.2 Å². The van der Waals surface area contributed by atoms with Crippen molar-refractivity contribution in [2.75, 3.05) is 26.2 Å². The Hall–Kier alpha value is -0.100. The molecule has 1 fully saturated rings. The second-order valence-electron chi connectivity index (χ2n) is 5.25. The summed E-state index contributed by atoms with van der Waals surface area (Å²) in [6.45, 7) is 3.23. The van der Waals surface area contributed by atoms with Crippen LogP contribution in [0.5, 0.6) is 5.75 Å². The molecule has 0 amide bonds. The first-order chi connectivity index (χ1) is 9.65. The van der Waals surface area contributed by atoms with Crippen molar-refractivity contribution in [3.8, 4) is 5.75 Å². The van der Waals surface area contributed by atoms with E-state index in [-0.39, 0.29) is 0 Å². The summed E-state index contributed by atoms with van der Waals surface area (Å²) in [6.07, 6.45) is 4.67. The largest absolute Gasteiger partial charge is 0.490 e. The van der Waals surface area contributed by atoms with Gasteiger partial charge in [0.1, 0.15) is 18.5 Å². The van der Waals surface area contributed by atoms with Crippen molar-refractivity contribution < 1.29 is 9.84 Å². The summed E-state index contributed by atoms with van der Waals surface area (Å²) < 4.78 is 7.58. The number of rotatable bonds is 5. The molecule has 112 valence electrons. The SMILES string of the molecule is OC(COc1ccc(Br)cc1Br)CN1CCCCCC1. The molecule has 3 nitrogen and oxygen atoms in total. The molecule has 1 aliphatic rings. The van der Waals surface area contributed by atoms with Crippen LogP contribution in [-0.4, -0.2) is 42.4 Å². The summed E-state index contributed by atoms with van der Waals surface area (Å²) in [5.41, 5.74) is 0. The highest BCUT2D eigenvalue weighted by atomic mass is 79.9. The van der Waals surface area contributed by atoms with Crippen LogP contribution in [0.3, 0.4) is 0 Å². The Bertz CT molecular complexity index is 420. The van der Waals surface area contributed by atoms with Crippen LogP contribution >= 0.6 is 31.9 Å². The number of hydrogen-bond acceptors (Lipinski definition) is 3. The van der Waals surface area contributed by atoms with E-state index >= 15 is 0 Å². The van der Waals surface area contributed by atoms with Gasteiger partial charge >= 0.3 is 0 Å². The normalized spacial score (nSPS) is 18.6. The highest BCUT2D eigenvalue weighted by Gasteiger charge is 2.14. The van der Waals surface area contributed by atoms with Crippen molar-refractivity contribution in [1.29, 1.82) is 0 Å². The van der Waals surface area contributed by atoms with Crippen molar-refractivity contribution in [3.63, 3.8) is 0 Å². The van der Waals surface area contributed by atoms with E-state index in [2.05, 4.69) is 36.8 Å². The summed E-state index contributed by atoms with van der Waals surface area (Å²) >= 11 is 6.87. The molecule has 1 saturated heterocycles. The van der Waals surface area contributed by atoms with Gasteiger partial charge in [0.25, 0.3) is 0 Å². The van der Waals surface area contributed by atoms with Crippen LogP contribution in [0.4, 0.5) is 0 Å². The lowest BCUT2D eigenvalue weighted by Crippen LogP contribution is -2.36. The minimum atomic E-state index is -0.441. The van der Waals surface area contributed by atoms with Crippen molar-refractivity contribution in [2.45, 2.75) is 31.8 Å². The minimum absolute atomic E-state index is 0.330. The van der Waals surface area contributed by atoms with Gasteiger partial charge < -0.3 is 14.7 Å². The summed E-state index contributed by atoms with van der Waals surface area (Å²) in [5, 5.41) is 10.1. The maximum Gasteiger partial charge on any atom is 0.133 e. The van der Waals surface area contributed by atoms with Crippen LogP contribution in [0.2, 0.25) is 0 Å². The van der Waals surface area contributed by atoms with E-state index in [9.17, 15) is 5.11 Å². The zero-order valence-corrected chi connectivity index (χ0v) is 14.7. The lowest BCUT2D eigenvalue weighted by molar-refractivity contribution is 0.0691. The van der Waals surface area contributed by atoms with Gasteiger partial charge in [-0.2, -0.15) is 0 Å². The quantitative estimate of drug-likeness (QED) is 0.806. The summed E-state index contributed by atoms with van der Waals surface area (Å²) in [6, 6.07) is 5.77. The van der Waals surface area contributed by atoms with E-state index in [1.54, 1.807) is 0 Å². The number of nitrogens with zero attached hydrogens (tertiary/aromatic N) is 1. The summed E-state index contributed by atoms with van der Waals surface area (Å²) in [7, 11) is 0. The first-order valence-corrected chi connectivity index (χ1v) is 8.72. The zero-order chi connectivity index (χ0) is 14.4. The molecule has 2 rings (SSSR count). The van der Waals surface area contributed by atoms with Crippen LogP contribution in [0, 0.1) is 0 Å². The van der Waals surface area contributed by atoms with Crippen LogP contribution in [0.25, 0.3) is 0 Å². The smallest absolute Gasteiger partial charge is 0.133 e. The predicted octanol–water partition coefficient (Wildman–Crippen LogP) is 3.83. The molecule has 1 atom stereocenters. The number of benzene rings is 1. The number of likely N-dealkylation sites (tertiary alicyclic amines) is 1. The van der Waals surface area contributed by atoms with Gasteiger partial charge in [0.15, 0.2) is 0 Å². The molecule has 1 N–H and O–H groups in total. The Morgan fingerprint density at radius 1 is 1.15 bits per heavy atom. The molecular weight excluding hydrogens is 386 g/mol. The highest BCUT2D eigenvalue weighted by Crippen LogP contribution is 2.28. The molecular formula is C15H21Br2NO2. The lowest BCUT2D eigenvalue weighted by atomic mass is 10.2. The van der Waals surface area contributed by atoms with Crippen molar-refractivity contribution in [2.24, 2.45) is 0 Å². The second kappa shape index (κ2) is 8.37. The number of β-amino-alcohol motifs (C(OH)–C–C–N with tert-alkyl or cyclic N) is 1. The van der Waals surface area contributed by atoms with Crippen LogP contribution in [0.1, 0.15) is 25.7 Å². The molecule has 20 heavy (non-hydrogen) atoms. The second-order valence-corrected chi connectivity index (χ2v) is 7.02. The maximum absolute atomic E-state index is 10.1. The monoisotopic (exact) mass is 405 g/mol. The van der Waals surface area contributed by atoms with Crippen LogP contribution < -0.4 is 4.74 Å². The van der Waals surface area contributed by atoms with Crippen LogP contribution in [-0.2, 0) is 0 Å². The molecule has 1 unspecified atom stereocenters. The molecule has 1 heterocycles. The Balaban J connectivity index is 1.77. The topological polar surface area (TPSA) is 32.7 Å². The van der Waals surface area contributed by atoms with Crippen molar-refractivity contribution in [3.05, 3.63) is 27.1 Å². The van der Waals surface area contributed by atoms with Crippen molar-refractivity contribution in [1.82, 2.24) is 4.90 Å². The van der Waals surface area contributed by atoms with Gasteiger partial charge in [0, 0.05) is 11.0 Å². The fourth-order valence-corrected chi connectivity index (χ4v) is 3.61. The molecule has 1 aliphatic heterocycles. The summed E-state index contributed by atoms with van der Waals surface area (Å²) in [5.74, 6) is 0.767. The zero-order valence-electron chi connectivity index (χ0n) is 11.5. The maximum atomic E-state index is 10.1.